The predicted octanol–water partition coefficient (Wildman–Crippen LogP) is 5.07. The lowest BCUT2D eigenvalue weighted by molar-refractivity contribution is -0.110. The Hall–Kier alpha value is -3.01. The molecule has 3 rings (SSSR count). The normalized spacial score (nSPS) is 11.1. The van der Waals surface area contributed by atoms with Gasteiger partial charge in [0, 0.05) is 29.2 Å². The summed E-state index contributed by atoms with van der Waals surface area (Å²) in [5, 5.41) is 11.5. The summed E-state index contributed by atoms with van der Waals surface area (Å²) in [6, 6.07) is 7.81. The number of thioether (sulfide) groups is 1. The number of amides is 1. The van der Waals surface area contributed by atoms with E-state index >= 15 is 0 Å². The molecule has 1 amide bonds. The van der Waals surface area contributed by atoms with Gasteiger partial charge in [0.15, 0.2) is 0 Å². The molecule has 1 atom stereocenters. The number of aromatic nitrogens is 2. The third-order valence-corrected chi connectivity index (χ3v) is 4.76. The fraction of sp³-hybridized carbons (Fsp3) is 0.182. The summed E-state index contributed by atoms with van der Waals surface area (Å²) in [6.07, 6.45) is 7.93. The highest BCUT2D eigenvalue weighted by Crippen LogP contribution is 2.33. The molecule has 0 spiro atoms. The van der Waals surface area contributed by atoms with Crippen LogP contribution >= 0.6 is 35.0 Å². The molecule has 33 heavy (non-hydrogen) atoms. The zero-order chi connectivity index (χ0) is 24.5. The Morgan fingerprint density at radius 3 is 2.33 bits per heavy atom. The Morgan fingerprint density at radius 2 is 1.76 bits per heavy atom. The molecule has 0 fully saturated rings. The quantitative estimate of drug-likeness (QED) is 0.270. The molecule has 11 heteroatoms. The molecule has 6 N–H and O–H groups in total. The summed E-state index contributed by atoms with van der Waals surface area (Å²) < 4.78 is 5.91. The average Bonchev–Trinajstić information content (AvgIpc) is 2.76. The van der Waals surface area contributed by atoms with Crippen molar-refractivity contribution in [3.05, 3.63) is 70.1 Å². The minimum Gasteiger partial charge on any atom is -0.486 e. The standard InChI is InChI=1S/C20H18Cl2N6O2.C2H6S/c1-10(18-14(21)8-26-9-15(18)22)30-12-3-4-16(24)13(6-12)19(25)20(29)28-17-5-2-11(23)7-27-17;1-3-2/h2-10,25H,23-24H2,1H3,(H,27,28,29);1-2H3. The van der Waals surface area contributed by atoms with Crippen molar-refractivity contribution in [2.24, 2.45) is 0 Å². The average molecular weight is 507 g/mol. The molecule has 2 aromatic heterocycles. The fourth-order valence-electron chi connectivity index (χ4n) is 2.68. The van der Waals surface area contributed by atoms with Gasteiger partial charge in [-0.1, -0.05) is 23.2 Å². The maximum absolute atomic E-state index is 12.4. The second-order valence-corrected chi connectivity index (χ2v) is 8.37. The first kappa shape index (κ1) is 26.2. The summed E-state index contributed by atoms with van der Waals surface area (Å²) in [5.41, 5.74) is 12.7. The van der Waals surface area contributed by atoms with Gasteiger partial charge in [-0.25, -0.2) is 4.98 Å². The van der Waals surface area contributed by atoms with Crippen LogP contribution in [0.15, 0.2) is 48.9 Å². The van der Waals surface area contributed by atoms with E-state index < -0.39 is 12.0 Å². The van der Waals surface area contributed by atoms with Crippen LogP contribution in [-0.2, 0) is 4.79 Å². The van der Waals surface area contributed by atoms with Crippen LogP contribution in [0.4, 0.5) is 17.2 Å². The van der Waals surface area contributed by atoms with Crippen LogP contribution in [0.5, 0.6) is 5.75 Å². The van der Waals surface area contributed by atoms with Gasteiger partial charge >= 0.3 is 0 Å². The molecular weight excluding hydrogens is 483 g/mol. The number of rotatable bonds is 6. The molecule has 0 saturated carbocycles. The number of carbonyl (C=O) groups excluding carboxylic acids is 1. The fourth-order valence-corrected chi connectivity index (χ4v) is 3.35. The number of nitrogens with two attached hydrogens (primary N) is 2. The summed E-state index contributed by atoms with van der Waals surface area (Å²) >= 11 is 14.1. The van der Waals surface area contributed by atoms with Crippen molar-refractivity contribution in [3.63, 3.8) is 0 Å². The second-order valence-electron chi connectivity index (χ2n) is 6.74. The van der Waals surface area contributed by atoms with Gasteiger partial charge in [0.1, 0.15) is 23.4 Å². The van der Waals surface area contributed by atoms with Crippen LogP contribution in [0, 0.1) is 5.41 Å². The maximum Gasteiger partial charge on any atom is 0.275 e. The first-order chi connectivity index (χ1) is 15.7. The molecule has 0 bridgehead atoms. The molecule has 0 aliphatic rings. The third-order valence-electron chi connectivity index (χ3n) is 4.16. The Bertz CT molecular complexity index is 1110. The number of hydrogen-bond donors (Lipinski definition) is 4. The largest absolute Gasteiger partial charge is 0.486 e. The van der Waals surface area contributed by atoms with Gasteiger partial charge in [-0.05, 0) is 49.8 Å². The third kappa shape index (κ3) is 7.24. The van der Waals surface area contributed by atoms with Gasteiger partial charge in [0.05, 0.1) is 21.9 Å². The number of pyridine rings is 2. The summed E-state index contributed by atoms with van der Waals surface area (Å²) in [4.78, 5) is 20.4. The molecular formula is C22H24Cl2N6O2S. The maximum atomic E-state index is 12.4. The summed E-state index contributed by atoms with van der Waals surface area (Å²) in [7, 11) is 0. The number of anilines is 3. The summed E-state index contributed by atoms with van der Waals surface area (Å²) in [6.45, 7) is 1.77. The molecule has 0 aliphatic heterocycles. The number of hydrogen-bond acceptors (Lipinski definition) is 8. The lowest BCUT2D eigenvalue weighted by Gasteiger charge is -2.18. The smallest absolute Gasteiger partial charge is 0.275 e. The Balaban J connectivity index is 0.00000122. The van der Waals surface area contributed by atoms with Crippen molar-refractivity contribution in [2.45, 2.75) is 13.0 Å². The highest BCUT2D eigenvalue weighted by Gasteiger charge is 2.19. The van der Waals surface area contributed by atoms with Gasteiger partial charge in [-0.3, -0.25) is 15.2 Å². The number of nitrogen functional groups attached to an aromatic ring is 2. The lowest BCUT2D eigenvalue weighted by Crippen LogP contribution is -2.24. The first-order valence-electron chi connectivity index (χ1n) is 9.54. The Morgan fingerprint density at radius 1 is 1.12 bits per heavy atom. The van der Waals surface area contributed by atoms with Crippen molar-refractivity contribution in [2.75, 3.05) is 29.3 Å². The van der Waals surface area contributed by atoms with Gasteiger partial charge in [-0.15, -0.1) is 0 Å². The molecule has 0 aliphatic carbocycles. The van der Waals surface area contributed by atoms with Crippen LogP contribution < -0.4 is 21.5 Å². The van der Waals surface area contributed by atoms with Crippen molar-refractivity contribution < 1.29 is 9.53 Å². The van der Waals surface area contributed by atoms with E-state index in [1.807, 2.05) is 12.5 Å². The van der Waals surface area contributed by atoms with Gasteiger partial charge in [0.25, 0.3) is 5.91 Å². The van der Waals surface area contributed by atoms with E-state index in [0.29, 0.717) is 27.0 Å². The van der Waals surface area contributed by atoms with Crippen molar-refractivity contribution in [1.82, 2.24) is 9.97 Å². The van der Waals surface area contributed by atoms with Crippen LogP contribution in [0.2, 0.25) is 10.0 Å². The zero-order valence-corrected chi connectivity index (χ0v) is 20.6. The van der Waals surface area contributed by atoms with Gasteiger partial charge in [-0.2, -0.15) is 11.8 Å². The first-order valence-corrected chi connectivity index (χ1v) is 11.9. The molecule has 0 radical (unpaired) electrons. The number of halogens is 2. The van der Waals surface area contributed by atoms with Crippen LogP contribution in [0.3, 0.4) is 0 Å². The highest BCUT2D eigenvalue weighted by molar-refractivity contribution is 7.97. The van der Waals surface area contributed by atoms with E-state index in [0.717, 1.165) is 0 Å². The predicted molar refractivity (Wildman–Crippen MR) is 138 cm³/mol. The van der Waals surface area contributed by atoms with Crippen molar-refractivity contribution in [3.8, 4) is 5.75 Å². The van der Waals surface area contributed by atoms with E-state index in [1.165, 1.54) is 30.7 Å². The topological polar surface area (TPSA) is 140 Å². The highest BCUT2D eigenvalue weighted by atomic mass is 35.5. The number of carbonyl (C=O) groups is 1. The number of nitrogens with one attached hydrogen (secondary N) is 2. The van der Waals surface area contributed by atoms with Crippen molar-refractivity contribution in [1.29, 1.82) is 5.41 Å². The van der Waals surface area contributed by atoms with Gasteiger partial charge < -0.3 is 21.5 Å². The zero-order valence-electron chi connectivity index (χ0n) is 18.2. The number of benzene rings is 1. The van der Waals surface area contributed by atoms with Crippen LogP contribution in [-0.4, -0.2) is 34.1 Å². The van der Waals surface area contributed by atoms with E-state index in [-0.39, 0.29) is 22.8 Å². The molecule has 1 aromatic carbocycles. The van der Waals surface area contributed by atoms with Crippen LogP contribution in [0.25, 0.3) is 0 Å². The molecule has 3 aromatic rings. The van der Waals surface area contributed by atoms with Gasteiger partial charge in [0.2, 0.25) is 0 Å². The van der Waals surface area contributed by atoms with E-state index in [1.54, 1.807) is 36.9 Å². The molecule has 1 unspecified atom stereocenters. The minimum atomic E-state index is -0.676. The second kappa shape index (κ2) is 12.3. The van der Waals surface area contributed by atoms with Crippen LogP contribution in [0.1, 0.15) is 24.2 Å². The monoisotopic (exact) mass is 506 g/mol. The van der Waals surface area contributed by atoms with E-state index in [4.69, 9.17) is 44.8 Å². The summed E-state index contributed by atoms with van der Waals surface area (Å²) in [5.74, 6) is -0.0243. The minimum absolute atomic E-state index is 0.208. The number of ether oxygens (including phenoxy) is 1. The lowest BCUT2D eigenvalue weighted by atomic mass is 10.1. The van der Waals surface area contributed by atoms with Crippen molar-refractivity contribution >= 4 is 63.8 Å². The Labute approximate surface area is 206 Å². The SMILES string of the molecule is CC(Oc1ccc(N)c(C(=N)C(=O)Nc2ccc(N)cn2)c1)c1c(Cl)cncc1Cl.CSC. The Kier molecular flexibility index (Phi) is 9.77. The van der Waals surface area contributed by atoms with E-state index in [2.05, 4.69) is 15.3 Å². The molecule has 174 valence electrons. The number of nitrogens with zero attached hydrogens (tertiary/aromatic N) is 2. The molecule has 2 heterocycles. The molecule has 0 saturated heterocycles. The van der Waals surface area contributed by atoms with E-state index in [9.17, 15) is 4.79 Å². The molecule has 8 nitrogen and oxygen atoms in total.